The number of nitrogens with zero attached hydrogens (tertiary/aromatic N) is 3. The van der Waals surface area contributed by atoms with Crippen LogP contribution in [-0.2, 0) is 13.8 Å². The van der Waals surface area contributed by atoms with Gasteiger partial charge in [0, 0.05) is 0 Å². The Bertz CT molecular complexity index is 856. The largest absolute Gasteiger partial charge is 0.387 e. The second-order valence-corrected chi connectivity index (χ2v) is 6.40. The molecule has 1 radical (unpaired) electrons. The van der Waals surface area contributed by atoms with E-state index >= 15 is 0 Å². The number of hydrogen-bond donors (Lipinski definition) is 5. The molecule has 0 saturated carbocycles. The topological polar surface area (TPSA) is 186 Å². The SMILES string of the molecule is Nc1nc2c(nc(Br)n2[C@@H]2O[C@H](CO[P](=O)O)[C@@H](O)[C@H]2O)c(=O)[nH]1. The van der Waals surface area contributed by atoms with Crippen molar-refractivity contribution in [3.05, 3.63) is 15.1 Å². The summed E-state index contributed by atoms with van der Waals surface area (Å²) in [7, 11) is -2.88. The van der Waals surface area contributed by atoms with Crippen LogP contribution in [-0.4, -0.2) is 59.5 Å². The second kappa shape index (κ2) is 6.44. The summed E-state index contributed by atoms with van der Waals surface area (Å²) in [4.78, 5) is 30.8. The summed E-state index contributed by atoms with van der Waals surface area (Å²) in [6, 6.07) is 0. The Morgan fingerprint density at radius 1 is 1.42 bits per heavy atom. The molecule has 3 heterocycles. The zero-order chi connectivity index (χ0) is 17.6. The van der Waals surface area contributed by atoms with E-state index in [1.54, 1.807) is 0 Å². The molecular formula is C10H12BrN5O7P. The minimum atomic E-state index is -2.88. The van der Waals surface area contributed by atoms with Gasteiger partial charge in [-0.15, -0.1) is 0 Å². The van der Waals surface area contributed by atoms with Crippen LogP contribution in [0.4, 0.5) is 5.95 Å². The van der Waals surface area contributed by atoms with E-state index in [2.05, 4.69) is 35.4 Å². The minimum absolute atomic E-state index is 0.0363. The van der Waals surface area contributed by atoms with Crippen LogP contribution in [0, 0.1) is 0 Å². The Morgan fingerprint density at radius 3 is 2.79 bits per heavy atom. The Morgan fingerprint density at radius 2 is 2.12 bits per heavy atom. The molecule has 2 aromatic heterocycles. The number of aliphatic hydroxyl groups excluding tert-OH is 2. The van der Waals surface area contributed by atoms with Gasteiger partial charge in [-0.05, 0) is 15.9 Å². The fourth-order valence-electron chi connectivity index (χ4n) is 2.42. The van der Waals surface area contributed by atoms with Gasteiger partial charge in [-0.2, -0.15) is 4.98 Å². The summed E-state index contributed by atoms with van der Waals surface area (Å²) in [5.41, 5.74) is 4.93. The number of H-pyrrole nitrogens is 1. The summed E-state index contributed by atoms with van der Waals surface area (Å²) < 4.78 is 22.0. The van der Waals surface area contributed by atoms with Crippen LogP contribution < -0.4 is 11.3 Å². The Labute approximate surface area is 142 Å². The molecule has 0 amide bonds. The number of anilines is 1. The lowest BCUT2D eigenvalue weighted by Gasteiger charge is -2.17. The van der Waals surface area contributed by atoms with Gasteiger partial charge in [0.25, 0.3) is 5.56 Å². The molecule has 2 aromatic rings. The monoisotopic (exact) mass is 424 g/mol. The first-order valence-electron chi connectivity index (χ1n) is 6.53. The first-order chi connectivity index (χ1) is 11.3. The number of ether oxygens (including phenoxy) is 1. The van der Waals surface area contributed by atoms with Crippen molar-refractivity contribution < 1.29 is 28.9 Å². The molecule has 14 heteroatoms. The molecule has 1 saturated heterocycles. The van der Waals surface area contributed by atoms with E-state index in [1.807, 2.05) is 0 Å². The highest BCUT2D eigenvalue weighted by molar-refractivity contribution is 9.10. The number of nitrogens with two attached hydrogens (primary N) is 1. The van der Waals surface area contributed by atoms with Crippen molar-refractivity contribution in [1.29, 1.82) is 0 Å². The van der Waals surface area contributed by atoms with Gasteiger partial charge in [0.2, 0.25) is 5.95 Å². The number of fused-ring (bicyclic) bond motifs is 1. The quantitative estimate of drug-likeness (QED) is 0.293. The van der Waals surface area contributed by atoms with Crippen LogP contribution in [0.5, 0.6) is 0 Å². The highest BCUT2D eigenvalue weighted by atomic mass is 79.9. The molecule has 1 fully saturated rings. The van der Waals surface area contributed by atoms with Gasteiger partial charge in [0.15, 0.2) is 22.1 Å². The van der Waals surface area contributed by atoms with Gasteiger partial charge in [-0.1, -0.05) is 0 Å². The lowest BCUT2D eigenvalue weighted by atomic mass is 10.1. The molecule has 0 aromatic carbocycles. The third kappa shape index (κ3) is 2.95. The third-order valence-corrected chi connectivity index (χ3v) is 4.40. The van der Waals surface area contributed by atoms with Crippen molar-refractivity contribution in [3.63, 3.8) is 0 Å². The van der Waals surface area contributed by atoms with E-state index in [4.69, 9.17) is 15.4 Å². The Hall–Kier alpha value is -1.47. The van der Waals surface area contributed by atoms with Crippen molar-refractivity contribution in [2.24, 2.45) is 0 Å². The number of imidazole rings is 1. The van der Waals surface area contributed by atoms with E-state index in [0.717, 1.165) is 0 Å². The van der Waals surface area contributed by atoms with Gasteiger partial charge >= 0.3 is 8.25 Å². The number of rotatable bonds is 4. The molecule has 0 bridgehead atoms. The van der Waals surface area contributed by atoms with Crippen molar-refractivity contribution in [3.8, 4) is 0 Å². The predicted octanol–water partition coefficient (Wildman–Crippen LogP) is -1.25. The third-order valence-electron chi connectivity index (χ3n) is 3.47. The number of aromatic nitrogens is 4. The van der Waals surface area contributed by atoms with Gasteiger partial charge < -0.3 is 20.7 Å². The maximum absolute atomic E-state index is 11.9. The normalized spacial score (nSPS) is 27.8. The molecule has 1 aliphatic rings. The average molecular weight is 425 g/mol. The molecule has 1 unspecified atom stereocenters. The van der Waals surface area contributed by atoms with Crippen LogP contribution in [0.15, 0.2) is 9.53 Å². The number of aromatic amines is 1. The van der Waals surface area contributed by atoms with Gasteiger partial charge in [-0.3, -0.25) is 23.8 Å². The summed E-state index contributed by atoms with van der Waals surface area (Å²) in [6.07, 6.45) is -5.06. The predicted molar refractivity (Wildman–Crippen MR) is 82.0 cm³/mol. The lowest BCUT2D eigenvalue weighted by Crippen LogP contribution is -2.33. The maximum Gasteiger partial charge on any atom is 0.366 e. The minimum Gasteiger partial charge on any atom is -0.387 e. The first-order valence-corrected chi connectivity index (χ1v) is 8.45. The number of nitrogen functional groups attached to an aromatic ring is 1. The van der Waals surface area contributed by atoms with Crippen LogP contribution in [0.2, 0.25) is 0 Å². The summed E-state index contributed by atoms with van der Waals surface area (Å²) >= 11 is 3.14. The fourth-order valence-corrected chi connectivity index (χ4v) is 3.24. The average Bonchev–Trinajstić information content (AvgIpc) is 2.96. The Balaban J connectivity index is 2.00. The van der Waals surface area contributed by atoms with Crippen LogP contribution in [0.3, 0.4) is 0 Å². The van der Waals surface area contributed by atoms with Gasteiger partial charge in [0.05, 0.1) is 6.61 Å². The molecule has 24 heavy (non-hydrogen) atoms. The van der Waals surface area contributed by atoms with Crippen molar-refractivity contribution in [1.82, 2.24) is 19.5 Å². The smallest absolute Gasteiger partial charge is 0.366 e. The molecule has 5 atom stereocenters. The first kappa shape index (κ1) is 17.4. The van der Waals surface area contributed by atoms with E-state index < -0.39 is 45.0 Å². The van der Waals surface area contributed by atoms with Crippen molar-refractivity contribution >= 4 is 41.3 Å². The van der Waals surface area contributed by atoms with E-state index in [-0.39, 0.29) is 21.8 Å². The number of aliphatic hydroxyl groups is 2. The second-order valence-electron chi connectivity index (χ2n) is 4.95. The summed E-state index contributed by atoms with van der Waals surface area (Å²) in [6.45, 7) is -0.416. The molecular weight excluding hydrogens is 413 g/mol. The molecule has 6 N–H and O–H groups in total. The molecule has 0 aliphatic carbocycles. The molecule has 0 spiro atoms. The maximum atomic E-state index is 11.9. The molecule has 1 aliphatic heterocycles. The van der Waals surface area contributed by atoms with Crippen molar-refractivity contribution in [2.45, 2.75) is 24.5 Å². The fraction of sp³-hybridized carbons (Fsp3) is 0.500. The molecule has 3 rings (SSSR count). The summed E-state index contributed by atoms with van der Waals surface area (Å²) in [5, 5.41) is 20.2. The lowest BCUT2D eigenvalue weighted by molar-refractivity contribution is -0.0487. The Kier molecular flexibility index (Phi) is 4.66. The van der Waals surface area contributed by atoms with Crippen LogP contribution in [0.1, 0.15) is 6.23 Å². The van der Waals surface area contributed by atoms with Crippen molar-refractivity contribution in [2.75, 3.05) is 12.3 Å². The molecule has 12 nitrogen and oxygen atoms in total. The summed E-state index contributed by atoms with van der Waals surface area (Å²) in [5.74, 6) is -0.161. The molecule has 131 valence electrons. The van der Waals surface area contributed by atoms with E-state index in [9.17, 15) is 19.6 Å². The van der Waals surface area contributed by atoms with E-state index in [0.29, 0.717) is 0 Å². The number of halogens is 1. The number of nitrogens with one attached hydrogen (secondary N) is 1. The van der Waals surface area contributed by atoms with Gasteiger partial charge in [-0.25, -0.2) is 9.55 Å². The zero-order valence-corrected chi connectivity index (χ0v) is 14.2. The standard InChI is InChI=1S/C10H12BrN5O7P/c11-9-13-3-6(14-10(12)15-7(3)19)16(9)8-5(18)4(17)2(23-8)1-22-24(20)21/h2,4-5,8,17-18H,1H2,(H,20,21)(H3,12,14,15,19)/t2-,4-,5-,8-/m1/s1. The highest BCUT2D eigenvalue weighted by Crippen LogP contribution is 2.34. The van der Waals surface area contributed by atoms with Gasteiger partial charge in [0.1, 0.15) is 18.3 Å². The van der Waals surface area contributed by atoms with Crippen LogP contribution >= 0.6 is 24.2 Å². The zero-order valence-electron chi connectivity index (χ0n) is 11.7. The number of hydrogen-bond acceptors (Lipinski definition) is 9. The van der Waals surface area contributed by atoms with Crippen LogP contribution in [0.25, 0.3) is 11.2 Å². The highest BCUT2D eigenvalue weighted by Gasteiger charge is 2.45. The van der Waals surface area contributed by atoms with E-state index in [1.165, 1.54) is 4.57 Å².